The van der Waals surface area contributed by atoms with Crippen molar-refractivity contribution in [2.75, 3.05) is 11.9 Å². The van der Waals surface area contributed by atoms with E-state index in [0.29, 0.717) is 27.5 Å². The van der Waals surface area contributed by atoms with Crippen LogP contribution in [0, 0.1) is 18.3 Å². The van der Waals surface area contributed by atoms with Crippen LogP contribution < -0.4 is 10.9 Å². The molecule has 0 saturated carbocycles. The fourth-order valence-electron chi connectivity index (χ4n) is 4.43. The first-order valence-corrected chi connectivity index (χ1v) is 13.4. The number of thiophene rings is 1. The van der Waals surface area contributed by atoms with E-state index in [4.69, 9.17) is 9.47 Å². The van der Waals surface area contributed by atoms with Crippen LogP contribution in [0.4, 0.5) is 5.00 Å². The van der Waals surface area contributed by atoms with Crippen molar-refractivity contribution in [3.8, 4) is 17.2 Å². The van der Waals surface area contributed by atoms with Crippen molar-refractivity contribution >= 4 is 45.0 Å². The Balaban J connectivity index is 1.71. The Hall–Kier alpha value is -4.75. The number of hydrogen-bond acceptors (Lipinski definition) is 8. The zero-order valence-electron chi connectivity index (χ0n) is 22.4. The van der Waals surface area contributed by atoms with Crippen molar-refractivity contribution in [2.45, 2.75) is 33.3 Å². The molecule has 2 heterocycles. The molecule has 0 spiro atoms. The van der Waals surface area contributed by atoms with Gasteiger partial charge in [0, 0.05) is 18.0 Å². The van der Waals surface area contributed by atoms with Crippen LogP contribution in [0.15, 0.2) is 59.4 Å². The van der Waals surface area contributed by atoms with E-state index in [1.54, 1.807) is 45.0 Å². The van der Waals surface area contributed by atoms with Gasteiger partial charge in [0.15, 0.2) is 6.10 Å². The summed E-state index contributed by atoms with van der Waals surface area (Å²) in [5, 5.41) is 13.5. The van der Waals surface area contributed by atoms with Gasteiger partial charge in [0.1, 0.15) is 21.6 Å². The molecular formula is C30H27N3O6S. The highest BCUT2D eigenvalue weighted by Gasteiger charge is 2.29. The molecule has 0 saturated heterocycles. The van der Waals surface area contributed by atoms with Gasteiger partial charge in [0.25, 0.3) is 11.5 Å². The van der Waals surface area contributed by atoms with Gasteiger partial charge in [-0.05, 0) is 42.8 Å². The number of rotatable bonds is 8. The minimum Gasteiger partial charge on any atom is -0.462 e. The van der Waals surface area contributed by atoms with Gasteiger partial charge >= 0.3 is 11.9 Å². The molecular weight excluding hydrogens is 530 g/mol. The topological polar surface area (TPSA) is 127 Å². The molecule has 1 atom stereocenters. The second kappa shape index (κ2) is 12.0. The summed E-state index contributed by atoms with van der Waals surface area (Å²) in [4.78, 5) is 52.6. The SMILES string of the molecule is CCOC(=O)c1sc(NC(=O)C(CC)OC(=O)c2c(-c3ccccc3)c3ccccc3c(=O)n2C)c(C#N)c1C. The summed E-state index contributed by atoms with van der Waals surface area (Å²) in [6.07, 6.45) is -1.12. The van der Waals surface area contributed by atoms with E-state index in [1.165, 1.54) is 11.6 Å². The molecule has 40 heavy (non-hydrogen) atoms. The summed E-state index contributed by atoms with van der Waals surface area (Å²) in [5.41, 5.74) is 1.38. The molecule has 0 aliphatic carbocycles. The van der Waals surface area contributed by atoms with Gasteiger partial charge in [0.2, 0.25) is 0 Å². The third-order valence-electron chi connectivity index (χ3n) is 6.43. The molecule has 0 radical (unpaired) electrons. The molecule has 0 aliphatic heterocycles. The van der Waals surface area contributed by atoms with E-state index in [2.05, 4.69) is 5.32 Å². The number of fused-ring (bicyclic) bond motifs is 1. The first kappa shape index (κ1) is 28.3. The van der Waals surface area contributed by atoms with Gasteiger partial charge in [-0.15, -0.1) is 11.3 Å². The number of benzene rings is 2. The van der Waals surface area contributed by atoms with Crippen molar-refractivity contribution < 1.29 is 23.9 Å². The number of nitriles is 1. The number of anilines is 1. The van der Waals surface area contributed by atoms with Crippen LogP contribution >= 0.6 is 11.3 Å². The molecule has 1 N–H and O–H groups in total. The van der Waals surface area contributed by atoms with E-state index in [0.717, 1.165) is 11.3 Å². The first-order valence-electron chi connectivity index (χ1n) is 12.6. The number of nitrogens with zero attached hydrogens (tertiary/aromatic N) is 2. The number of amides is 1. The zero-order chi connectivity index (χ0) is 29.0. The van der Waals surface area contributed by atoms with E-state index in [-0.39, 0.29) is 39.7 Å². The lowest BCUT2D eigenvalue weighted by Crippen LogP contribution is -2.34. The largest absolute Gasteiger partial charge is 0.462 e. The highest BCUT2D eigenvalue weighted by molar-refractivity contribution is 7.18. The Labute approximate surface area is 234 Å². The third kappa shape index (κ3) is 5.24. The fourth-order valence-corrected chi connectivity index (χ4v) is 5.48. The van der Waals surface area contributed by atoms with Crippen LogP contribution in [0.2, 0.25) is 0 Å². The molecule has 4 aromatic rings. The lowest BCUT2D eigenvalue weighted by Gasteiger charge is -2.20. The normalized spacial score (nSPS) is 11.5. The summed E-state index contributed by atoms with van der Waals surface area (Å²) in [6, 6.07) is 18.2. The number of esters is 2. The molecule has 10 heteroatoms. The summed E-state index contributed by atoms with van der Waals surface area (Å²) in [7, 11) is 1.49. The van der Waals surface area contributed by atoms with Crippen molar-refractivity contribution in [1.29, 1.82) is 5.26 Å². The maximum Gasteiger partial charge on any atom is 0.356 e. The Morgan fingerprint density at radius 2 is 1.68 bits per heavy atom. The van der Waals surface area contributed by atoms with Gasteiger partial charge in [-0.25, -0.2) is 9.59 Å². The molecule has 204 valence electrons. The Morgan fingerprint density at radius 3 is 2.30 bits per heavy atom. The fraction of sp³-hybridized carbons (Fsp3) is 0.233. The van der Waals surface area contributed by atoms with Crippen LogP contribution in [-0.2, 0) is 21.3 Å². The highest BCUT2D eigenvalue weighted by atomic mass is 32.1. The number of ether oxygens (including phenoxy) is 2. The van der Waals surface area contributed by atoms with Gasteiger partial charge < -0.3 is 19.4 Å². The highest BCUT2D eigenvalue weighted by Crippen LogP contribution is 2.34. The third-order valence-corrected chi connectivity index (χ3v) is 7.62. The Bertz CT molecular complexity index is 1720. The second-order valence-corrected chi connectivity index (χ2v) is 9.90. The molecule has 0 fully saturated rings. The van der Waals surface area contributed by atoms with Gasteiger partial charge in [-0.3, -0.25) is 9.59 Å². The number of carbonyl (C=O) groups excluding carboxylic acids is 3. The molecule has 2 aromatic carbocycles. The van der Waals surface area contributed by atoms with Gasteiger partial charge in [-0.2, -0.15) is 5.26 Å². The molecule has 2 aromatic heterocycles. The second-order valence-electron chi connectivity index (χ2n) is 8.88. The predicted molar refractivity (Wildman–Crippen MR) is 152 cm³/mol. The molecule has 1 unspecified atom stereocenters. The van der Waals surface area contributed by atoms with Crippen molar-refractivity contribution in [3.05, 3.63) is 86.6 Å². The lowest BCUT2D eigenvalue weighted by atomic mass is 9.97. The summed E-state index contributed by atoms with van der Waals surface area (Å²) in [5.74, 6) is -2.11. The van der Waals surface area contributed by atoms with E-state index < -0.39 is 23.9 Å². The van der Waals surface area contributed by atoms with Crippen LogP contribution in [0.25, 0.3) is 21.9 Å². The minimum atomic E-state index is -1.24. The van der Waals surface area contributed by atoms with Crippen molar-refractivity contribution in [3.63, 3.8) is 0 Å². The number of hydrogen-bond donors (Lipinski definition) is 1. The maximum absolute atomic E-state index is 13.7. The molecule has 0 aliphatic rings. The number of nitrogens with one attached hydrogen (secondary N) is 1. The van der Waals surface area contributed by atoms with Gasteiger partial charge in [-0.1, -0.05) is 55.5 Å². The first-order chi connectivity index (χ1) is 19.2. The Morgan fingerprint density at radius 1 is 1.02 bits per heavy atom. The maximum atomic E-state index is 13.7. The Kier molecular flexibility index (Phi) is 8.46. The zero-order valence-corrected chi connectivity index (χ0v) is 23.3. The standard InChI is InChI=1S/C30H27N3O6S/c1-5-22(26(34)32-27-21(16-31)17(3)25(40-27)30(37)38-6-2)39-29(36)24-23(18-12-8-7-9-13-18)19-14-10-11-15-20(19)28(35)33(24)4/h7-15,22H,5-6H2,1-4H3,(H,32,34). The predicted octanol–water partition coefficient (Wildman–Crippen LogP) is 5.20. The number of carbonyl (C=O) groups is 3. The van der Waals surface area contributed by atoms with Crippen LogP contribution in [0.1, 0.15) is 51.6 Å². The quantitative estimate of drug-likeness (QED) is 0.295. The summed E-state index contributed by atoms with van der Waals surface area (Å²) < 4.78 is 12.0. The summed E-state index contributed by atoms with van der Waals surface area (Å²) in [6.45, 7) is 5.10. The number of pyridine rings is 1. The summed E-state index contributed by atoms with van der Waals surface area (Å²) >= 11 is 0.921. The minimum absolute atomic E-state index is 0.00966. The van der Waals surface area contributed by atoms with E-state index in [1.807, 2.05) is 36.4 Å². The smallest absolute Gasteiger partial charge is 0.356 e. The molecule has 9 nitrogen and oxygen atoms in total. The average Bonchev–Trinajstić information content (AvgIpc) is 3.28. The van der Waals surface area contributed by atoms with Crippen molar-refractivity contribution in [2.24, 2.45) is 7.05 Å². The lowest BCUT2D eigenvalue weighted by molar-refractivity contribution is -0.124. The van der Waals surface area contributed by atoms with Crippen LogP contribution in [-0.4, -0.2) is 35.1 Å². The average molecular weight is 558 g/mol. The molecule has 0 bridgehead atoms. The van der Waals surface area contributed by atoms with Crippen molar-refractivity contribution in [1.82, 2.24) is 4.57 Å². The molecule has 4 rings (SSSR count). The van der Waals surface area contributed by atoms with E-state index >= 15 is 0 Å². The number of aromatic nitrogens is 1. The van der Waals surface area contributed by atoms with Gasteiger partial charge in [0.05, 0.1) is 12.2 Å². The molecule has 1 amide bonds. The van der Waals surface area contributed by atoms with Crippen LogP contribution in [0.3, 0.4) is 0 Å². The monoisotopic (exact) mass is 557 g/mol. The van der Waals surface area contributed by atoms with Crippen LogP contribution in [0.5, 0.6) is 0 Å². The van der Waals surface area contributed by atoms with E-state index in [9.17, 15) is 24.4 Å².